The van der Waals surface area contributed by atoms with Crippen molar-refractivity contribution in [2.24, 2.45) is 0 Å². The normalized spacial score (nSPS) is 11.9. The van der Waals surface area contributed by atoms with Crippen LogP contribution in [0.25, 0.3) is 10.8 Å². The molecule has 1 N–H and O–H groups in total. The van der Waals surface area contributed by atoms with Gasteiger partial charge >= 0.3 is 0 Å². The molecular weight excluding hydrogens is 170 g/mol. The van der Waals surface area contributed by atoms with Crippen molar-refractivity contribution in [2.75, 3.05) is 0 Å². The molecule has 2 rings (SSSR count). The monoisotopic (exact) mass is 185 g/mol. The van der Waals surface area contributed by atoms with Gasteiger partial charge in [0, 0.05) is 22.4 Å². The van der Waals surface area contributed by atoms with Gasteiger partial charge in [0.15, 0.2) is 12.4 Å². The Labute approximate surface area is 84.8 Å². The highest BCUT2D eigenvalue weighted by atomic mass is 14.6. The summed E-state index contributed by atoms with van der Waals surface area (Å²) in [4.78, 5) is 3.09. The Balaban J connectivity index is 2.78. The third-order valence-electron chi connectivity index (χ3n) is 2.45. The largest absolute Gasteiger partial charge is 0.217 e. The van der Waals surface area contributed by atoms with Crippen LogP contribution in [0.3, 0.4) is 0 Å². The third kappa shape index (κ3) is 1.46. The molecule has 0 radical (unpaired) electrons. The smallest absolute Gasteiger partial charge is 0.174 e. The van der Waals surface area contributed by atoms with Gasteiger partial charge in [-0.15, -0.1) is 0 Å². The van der Waals surface area contributed by atoms with Gasteiger partial charge in [-0.05, 0) is 19.9 Å². The minimum atomic E-state index is -0.0408. The molecule has 1 aromatic heterocycles. The summed E-state index contributed by atoms with van der Waals surface area (Å²) < 4.78 is 0. The maximum Gasteiger partial charge on any atom is 0.174 e. The average Bonchev–Trinajstić information content (AvgIpc) is 2.15. The van der Waals surface area contributed by atoms with Crippen molar-refractivity contribution in [1.29, 1.82) is 0 Å². The molecule has 0 bridgehead atoms. The van der Waals surface area contributed by atoms with E-state index in [4.69, 9.17) is 0 Å². The van der Waals surface area contributed by atoms with Crippen LogP contribution in [-0.4, -0.2) is 0 Å². The van der Waals surface area contributed by atoms with Crippen LogP contribution in [0, 0.1) is 6.92 Å². The van der Waals surface area contributed by atoms with E-state index in [9.17, 15) is 0 Å². The van der Waals surface area contributed by atoms with E-state index >= 15 is 0 Å². The number of fused-ring (bicyclic) bond motifs is 1. The molecule has 1 heterocycles. The molecule has 1 nitrogen and oxygen atoms in total. The first-order valence-corrected chi connectivity index (χ1v) is 4.84. The highest BCUT2D eigenvalue weighted by molar-refractivity contribution is 5.85. The Bertz CT molecular complexity index is 447. The van der Waals surface area contributed by atoms with Crippen molar-refractivity contribution in [3.8, 4) is 0 Å². The van der Waals surface area contributed by atoms with E-state index < -0.39 is 0 Å². The van der Waals surface area contributed by atoms with Gasteiger partial charge in [0.25, 0.3) is 0 Å². The molecule has 0 aliphatic carbocycles. The molecule has 0 fully saturated rings. The number of aromatic amines is 1. The average molecular weight is 185 g/mol. The highest BCUT2D eigenvalue weighted by Crippen LogP contribution is 2.28. The maximum absolute atomic E-state index is 4.18. The quantitative estimate of drug-likeness (QED) is 0.607. The van der Waals surface area contributed by atoms with Gasteiger partial charge in [0.2, 0.25) is 0 Å². The van der Waals surface area contributed by atoms with Gasteiger partial charge in [-0.1, -0.05) is 12.1 Å². The van der Waals surface area contributed by atoms with Gasteiger partial charge in [0.05, 0.1) is 6.92 Å². The summed E-state index contributed by atoms with van der Waals surface area (Å²) in [6.07, 6.45) is 3.97. The van der Waals surface area contributed by atoms with Gasteiger partial charge in [-0.3, -0.25) is 0 Å². The zero-order chi connectivity index (χ0) is 10.2. The first-order valence-electron chi connectivity index (χ1n) is 4.84. The van der Waals surface area contributed by atoms with Crippen LogP contribution in [0.5, 0.6) is 0 Å². The molecular formula is C13H15N+2. The van der Waals surface area contributed by atoms with E-state index in [-0.39, 0.29) is 5.41 Å². The lowest BCUT2D eigenvalue weighted by atomic mass is 9.84. The molecule has 0 saturated carbocycles. The number of benzene rings is 1. The minimum Gasteiger partial charge on any atom is -0.217 e. The molecule has 0 aliphatic rings. The number of H-pyrrole nitrogens is 1. The van der Waals surface area contributed by atoms with Gasteiger partial charge in [-0.25, -0.2) is 4.98 Å². The topological polar surface area (TPSA) is 14.1 Å². The molecule has 0 saturated heterocycles. The van der Waals surface area contributed by atoms with Gasteiger partial charge < -0.3 is 0 Å². The predicted molar refractivity (Wildman–Crippen MR) is 58.9 cm³/mol. The van der Waals surface area contributed by atoms with E-state index in [2.05, 4.69) is 50.0 Å². The summed E-state index contributed by atoms with van der Waals surface area (Å²) in [6.45, 7) is 8.46. The van der Waals surface area contributed by atoms with E-state index in [0.717, 1.165) is 0 Å². The second kappa shape index (κ2) is 3.02. The zero-order valence-corrected chi connectivity index (χ0v) is 8.67. The van der Waals surface area contributed by atoms with E-state index in [1.54, 1.807) is 0 Å². The van der Waals surface area contributed by atoms with E-state index in [1.807, 2.05) is 12.4 Å². The van der Waals surface area contributed by atoms with Crippen LogP contribution in [0.2, 0.25) is 0 Å². The van der Waals surface area contributed by atoms with Crippen LogP contribution in [0.1, 0.15) is 19.4 Å². The summed E-state index contributed by atoms with van der Waals surface area (Å²) in [5, 5.41) is 2.52. The molecule has 2 aromatic rings. The van der Waals surface area contributed by atoms with Crippen molar-refractivity contribution in [3.05, 3.63) is 49.1 Å². The first-order chi connectivity index (χ1) is 6.59. The molecule has 14 heavy (non-hydrogen) atoms. The zero-order valence-electron chi connectivity index (χ0n) is 8.67. The molecule has 0 amide bonds. The van der Waals surface area contributed by atoms with Crippen molar-refractivity contribution >= 4 is 10.8 Å². The fraction of sp³-hybridized carbons (Fsp3) is 0.231. The van der Waals surface area contributed by atoms with Crippen LogP contribution >= 0.6 is 0 Å². The number of rotatable bonds is 1. The van der Waals surface area contributed by atoms with Crippen molar-refractivity contribution in [1.82, 2.24) is 0 Å². The number of aromatic nitrogens is 1. The minimum absolute atomic E-state index is 0.0408. The molecule has 0 unspecified atom stereocenters. The molecule has 1 aromatic carbocycles. The van der Waals surface area contributed by atoms with Gasteiger partial charge in [-0.2, -0.15) is 0 Å². The molecule has 70 valence electrons. The standard InChI is InChI=1S/C13H14N/c1-13(2,3)12-6-4-5-10-9-14-8-7-11(10)12/h4-9H,1H2,2-3H3/q+1/p+1. The Morgan fingerprint density at radius 1 is 1.21 bits per heavy atom. The summed E-state index contributed by atoms with van der Waals surface area (Å²) in [5.41, 5.74) is 1.25. The number of pyridine rings is 1. The van der Waals surface area contributed by atoms with Crippen molar-refractivity contribution in [2.45, 2.75) is 19.3 Å². The number of nitrogens with one attached hydrogen (secondary N) is 1. The Morgan fingerprint density at radius 2 is 2.00 bits per heavy atom. The first kappa shape index (κ1) is 9.07. The second-order valence-electron chi connectivity index (χ2n) is 4.34. The summed E-state index contributed by atoms with van der Waals surface area (Å²) in [5.74, 6) is 0. The van der Waals surface area contributed by atoms with Crippen LogP contribution < -0.4 is 4.98 Å². The van der Waals surface area contributed by atoms with Crippen molar-refractivity contribution < 1.29 is 4.98 Å². The summed E-state index contributed by atoms with van der Waals surface area (Å²) in [7, 11) is 0. The molecule has 1 heteroatoms. The SMILES string of the molecule is [CH2+]C(C)(C)c1cccc2c[nH+]ccc12. The predicted octanol–water partition coefficient (Wildman–Crippen LogP) is 2.77. The Kier molecular flexibility index (Phi) is 1.95. The lowest BCUT2D eigenvalue weighted by Crippen LogP contribution is -2.12. The number of hydrogen-bond acceptors (Lipinski definition) is 0. The Hall–Kier alpha value is -1.50. The second-order valence-corrected chi connectivity index (χ2v) is 4.34. The van der Waals surface area contributed by atoms with E-state index in [0.29, 0.717) is 0 Å². The summed E-state index contributed by atoms with van der Waals surface area (Å²) >= 11 is 0. The summed E-state index contributed by atoms with van der Waals surface area (Å²) in [6, 6.07) is 8.45. The van der Waals surface area contributed by atoms with Crippen LogP contribution in [0.15, 0.2) is 36.7 Å². The van der Waals surface area contributed by atoms with Gasteiger partial charge in [0.1, 0.15) is 5.41 Å². The van der Waals surface area contributed by atoms with Crippen molar-refractivity contribution in [3.63, 3.8) is 0 Å². The Morgan fingerprint density at radius 3 is 2.71 bits per heavy atom. The van der Waals surface area contributed by atoms with Crippen LogP contribution in [0.4, 0.5) is 0 Å². The third-order valence-corrected chi connectivity index (χ3v) is 2.45. The molecule has 0 atom stereocenters. The lowest BCUT2D eigenvalue weighted by molar-refractivity contribution is -0.375. The molecule has 0 aliphatic heterocycles. The van der Waals surface area contributed by atoms with E-state index in [1.165, 1.54) is 16.3 Å². The maximum atomic E-state index is 4.18. The number of hydrogen-bond donors (Lipinski definition) is 0. The fourth-order valence-electron chi connectivity index (χ4n) is 1.75. The van der Waals surface area contributed by atoms with Crippen LogP contribution in [-0.2, 0) is 5.41 Å². The lowest BCUT2D eigenvalue weighted by Gasteiger charge is -2.13. The highest BCUT2D eigenvalue weighted by Gasteiger charge is 2.23. The molecule has 0 spiro atoms. The fourth-order valence-corrected chi connectivity index (χ4v) is 1.75.